The smallest absolute Gasteiger partial charge is 0.323 e. The normalized spacial score (nSPS) is 34.8. The van der Waals surface area contributed by atoms with Gasteiger partial charge < -0.3 is 14.4 Å². The van der Waals surface area contributed by atoms with Crippen LogP contribution in [0.1, 0.15) is 26.2 Å². The monoisotopic (exact) mass is 296 g/mol. The summed E-state index contributed by atoms with van der Waals surface area (Å²) in [6.07, 6.45) is 2.64. The second kappa shape index (κ2) is 6.32. The highest BCUT2D eigenvalue weighted by atomic mass is 16.6. The number of carbonyl (C=O) groups excluding carboxylic acids is 2. The minimum atomic E-state index is -0.153. The molecule has 0 aromatic heterocycles. The number of morpholine rings is 1. The van der Waals surface area contributed by atoms with Gasteiger partial charge in [-0.3, -0.25) is 14.5 Å². The van der Waals surface area contributed by atoms with E-state index in [4.69, 9.17) is 9.47 Å². The summed E-state index contributed by atoms with van der Waals surface area (Å²) < 4.78 is 10.5. The van der Waals surface area contributed by atoms with Gasteiger partial charge in [-0.1, -0.05) is 0 Å². The topological polar surface area (TPSA) is 59.1 Å². The number of hydrogen-bond donors (Lipinski definition) is 0. The Balaban J connectivity index is 1.60. The van der Waals surface area contributed by atoms with Gasteiger partial charge in [0.25, 0.3) is 0 Å². The SMILES string of the molecule is CC1CC(N2CCCC(C(=O)N3CCOCC3)C2)C(=O)O1. The van der Waals surface area contributed by atoms with E-state index in [-0.39, 0.29) is 29.9 Å². The van der Waals surface area contributed by atoms with Gasteiger partial charge in [-0.15, -0.1) is 0 Å². The minimum Gasteiger partial charge on any atom is -0.461 e. The van der Waals surface area contributed by atoms with Crippen molar-refractivity contribution in [2.45, 2.75) is 38.3 Å². The number of cyclic esters (lactones) is 1. The fraction of sp³-hybridized carbons (Fsp3) is 0.867. The van der Waals surface area contributed by atoms with Crippen molar-refractivity contribution in [3.05, 3.63) is 0 Å². The lowest BCUT2D eigenvalue weighted by Crippen LogP contribution is -2.51. The van der Waals surface area contributed by atoms with E-state index in [9.17, 15) is 9.59 Å². The third kappa shape index (κ3) is 3.21. The first-order chi connectivity index (χ1) is 10.1. The van der Waals surface area contributed by atoms with Crippen molar-refractivity contribution < 1.29 is 19.1 Å². The molecule has 0 radical (unpaired) electrons. The van der Waals surface area contributed by atoms with E-state index in [1.54, 1.807) is 0 Å². The molecule has 6 nitrogen and oxygen atoms in total. The highest BCUT2D eigenvalue weighted by Gasteiger charge is 2.40. The van der Waals surface area contributed by atoms with E-state index in [1.807, 2.05) is 11.8 Å². The molecule has 3 rings (SSSR count). The van der Waals surface area contributed by atoms with Crippen LogP contribution in [0.15, 0.2) is 0 Å². The summed E-state index contributed by atoms with van der Waals surface area (Å²) in [6.45, 7) is 6.15. The Morgan fingerprint density at radius 3 is 2.67 bits per heavy atom. The number of hydrogen-bond acceptors (Lipinski definition) is 5. The maximum absolute atomic E-state index is 12.6. The summed E-state index contributed by atoms with van der Waals surface area (Å²) in [5, 5.41) is 0. The Labute approximate surface area is 125 Å². The Kier molecular flexibility index (Phi) is 4.45. The van der Waals surface area contributed by atoms with Crippen LogP contribution in [0.5, 0.6) is 0 Å². The van der Waals surface area contributed by atoms with Gasteiger partial charge in [-0.05, 0) is 26.3 Å². The van der Waals surface area contributed by atoms with Crippen LogP contribution in [0, 0.1) is 5.92 Å². The number of esters is 1. The predicted molar refractivity (Wildman–Crippen MR) is 75.7 cm³/mol. The van der Waals surface area contributed by atoms with Crippen molar-refractivity contribution in [3.8, 4) is 0 Å². The molecule has 3 fully saturated rings. The molecule has 3 aliphatic heterocycles. The third-order valence-electron chi connectivity index (χ3n) is 4.71. The minimum absolute atomic E-state index is 0.00202. The molecular formula is C15H24N2O4. The molecule has 3 atom stereocenters. The number of piperidine rings is 1. The van der Waals surface area contributed by atoms with E-state index in [0.717, 1.165) is 25.8 Å². The van der Waals surface area contributed by atoms with Crippen LogP contribution in [0.2, 0.25) is 0 Å². The molecule has 3 aliphatic rings. The number of nitrogens with zero attached hydrogens (tertiary/aromatic N) is 2. The van der Waals surface area contributed by atoms with Gasteiger partial charge in [0.2, 0.25) is 5.91 Å². The predicted octanol–water partition coefficient (Wildman–Crippen LogP) is 0.261. The Hall–Kier alpha value is -1.14. The molecule has 6 heteroatoms. The molecular weight excluding hydrogens is 272 g/mol. The van der Waals surface area contributed by atoms with Crippen molar-refractivity contribution in [1.29, 1.82) is 0 Å². The van der Waals surface area contributed by atoms with Crippen LogP contribution < -0.4 is 0 Å². The maximum Gasteiger partial charge on any atom is 0.323 e. The molecule has 0 aromatic carbocycles. The summed E-state index contributed by atoms with van der Waals surface area (Å²) in [4.78, 5) is 28.5. The zero-order valence-electron chi connectivity index (χ0n) is 12.6. The first kappa shape index (κ1) is 14.8. The van der Waals surface area contributed by atoms with E-state index in [1.165, 1.54) is 0 Å². The quantitative estimate of drug-likeness (QED) is 0.684. The Morgan fingerprint density at radius 2 is 2.00 bits per heavy atom. The largest absolute Gasteiger partial charge is 0.461 e. The summed E-state index contributed by atoms with van der Waals surface area (Å²) in [7, 11) is 0. The average Bonchev–Trinajstić information content (AvgIpc) is 2.86. The van der Waals surface area contributed by atoms with Crippen molar-refractivity contribution in [3.63, 3.8) is 0 Å². The maximum atomic E-state index is 12.6. The van der Waals surface area contributed by atoms with Crippen molar-refractivity contribution in [2.75, 3.05) is 39.4 Å². The van der Waals surface area contributed by atoms with Gasteiger partial charge in [0, 0.05) is 26.1 Å². The standard InChI is InChI=1S/C15H24N2O4/c1-11-9-13(15(19)21-11)17-4-2-3-12(10-17)14(18)16-5-7-20-8-6-16/h11-13H,2-10H2,1H3. The Bertz CT molecular complexity index is 408. The van der Waals surface area contributed by atoms with Crippen molar-refractivity contribution in [1.82, 2.24) is 9.80 Å². The van der Waals surface area contributed by atoms with Crippen LogP contribution in [-0.2, 0) is 19.1 Å². The van der Waals surface area contributed by atoms with Crippen LogP contribution in [0.4, 0.5) is 0 Å². The molecule has 0 saturated carbocycles. The van der Waals surface area contributed by atoms with E-state index in [0.29, 0.717) is 32.8 Å². The number of carbonyl (C=O) groups is 2. The number of ether oxygens (including phenoxy) is 2. The van der Waals surface area contributed by atoms with Crippen LogP contribution >= 0.6 is 0 Å². The zero-order valence-corrected chi connectivity index (χ0v) is 12.6. The molecule has 0 aromatic rings. The number of likely N-dealkylation sites (tertiary alicyclic amines) is 1. The average molecular weight is 296 g/mol. The van der Waals surface area contributed by atoms with Crippen molar-refractivity contribution >= 4 is 11.9 Å². The second-order valence-corrected chi connectivity index (χ2v) is 6.27. The molecule has 3 unspecified atom stereocenters. The fourth-order valence-corrected chi connectivity index (χ4v) is 3.57. The molecule has 0 N–H and O–H groups in total. The van der Waals surface area contributed by atoms with Gasteiger partial charge in [0.1, 0.15) is 12.1 Å². The van der Waals surface area contributed by atoms with Crippen LogP contribution in [0.3, 0.4) is 0 Å². The molecule has 3 heterocycles. The van der Waals surface area contributed by atoms with Gasteiger partial charge in [-0.2, -0.15) is 0 Å². The Morgan fingerprint density at radius 1 is 1.24 bits per heavy atom. The lowest BCUT2D eigenvalue weighted by atomic mass is 9.94. The summed E-state index contributed by atoms with van der Waals surface area (Å²) >= 11 is 0. The first-order valence-electron chi connectivity index (χ1n) is 7.96. The lowest BCUT2D eigenvalue weighted by molar-refractivity contribution is -0.148. The van der Waals surface area contributed by atoms with Crippen LogP contribution in [-0.4, -0.2) is 73.2 Å². The number of rotatable bonds is 2. The summed E-state index contributed by atoms with van der Waals surface area (Å²) in [6, 6.07) is -0.153. The molecule has 1 amide bonds. The third-order valence-corrected chi connectivity index (χ3v) is 4.71. The molecule has 118 valence electrons. The highest BCUT2D eigenvalue weighted by Crippen LogP contribution is 2.26. The van der Waals surface area contributed by atoms with E-state index >= 15 is 0 Å². The molecule has 3 saturated heterocycles. The van der Waals surface area contributed by atoms with Gasteiger partial charge >= 0.3 is 5.97 Å². The van der Waals surface area contributed by atoms with Gasteiger partial charge in [-0.25, -0.2) is 0 Å². The second-order valence-electron chi connectivity index (χ2n) is 6.27. The van der Waals surface area contributed by atoms with Gasteiger partial charge in [0.05, 0.1) is 19.1 Å². The number of amides is 1. The molecule has 21 heavy (non-hydrogen) atoms. The first-order valence-corrected chi connectivity index (χ1v) is 7.96. The molecule has 0 bridgehead atoms. The van der Waals surface area contributed by atoms with E-state index < -0.39 is 0 Å². The van der Waals surface area contributed by atoms with Crippen LogP contribution in [0.25, 0.3) is 0 Å². The summed E-state index contributed by atoms with van der Waals surface area (Å²) in [5.74, 6) is 0.116. The molecule has 0 aliphatic carbocycles. The van der Waals surface area contributed by atoms with E-state index in [2.05, 4.69) is 4.90 Å². The lowest BCUT2D eigenvalue weighted by Gasteiger charge is -2.37. The fourth-order valence-electron chi connectivity index (χ4n) is 3.57. The zero-order chi connectivity index (χ0) is 14.8. The van der Waals surface area contributed by atoms with Gasteiger partial charge in [0.15, 0.2) is 0 Å². The molecule has 0 spiro atoms. The van der Waals surface area contributed by atoms with Crippen molar-refractivity contribution in [2.24, 2.45) is 5.92 Å². The highest BCUT2D eigenvalue weighted by molar-refractivity contribution is 5.80. The summed E-state index contributed by atoms with van der Waals surface area (Å²) in [5.41, 5.74) is 0.